The Morgan fingerprint density at radius 3 is 2.48 bits per heavy atom. The summed E-state index contributed by atoms with van der Waals surface area (Å²) >= 11 is 0. The van der Waals surface area contributed by atoms with Gasteiger partial charge in [-0.1, -0.05) is 58.9 Å². The van der Waals surface area contributed by atoms with E-state index in [9.17, 15) is 0 Å². The summed E-state index contributed by atoms with van der Waals surface area (Å²) < 4.78 is 7.45. The number of pyridine rings is 1. The summed E-state index contributed by atoms with van der Waals surface area (Å²) in [7, 11) is 0. The lowest BCUT2D eigenvalue weighted by molar-refractivity contribution is 0.0375. The predicted octanol–water partition coefficient (Wildman–Crippen LogP) is 7.38. The lowest BCUT2D eigenvalue weighted by Gasteiger charge is -2.36. The van der Waals surface area contributed by atoms with Crippen LogP contribution in [0.1, 0.15) is 93.5 Å². The maximum Gasteiger partial charge on any atom is 0.155 e. The number of benzene rings is 1. The Hall–Kier alpha value is -2.96. The number of piperidine rings is 1. The lowest BCUT2D eigenvalue weighted by Crippen LogP contribution is -2.38. The first-order chi connectivity index (χ1) is 20.4. The molecular formula is C36H51N5O. The average Bonchev–Trinajstić information content (AvgIpc) is 3.48. The number of hydrogen-bond acceptors (Lipinski definition) is 5. The lowest BCUT2D eigenvalue weighted by atomic mass is 9.80. The van der Waals surface area contributed by atoms with Gasteiger partial charge >= 0.3 is 0 Å². The molecule has 42 heavy (non-hydrogen) atoms. The number of nitrogens with zero attached hydrogens (tertiary/aromatic N) is 5. The molecule has 0 bridgehead atoms. The second kappa shape index (κ2) is 14.0. The zero-order chi connectivity index (χ0) is 29.6. The number of likely N-dealkylation sites (tertiary alicyclic amines) is 1. The van der Waals surface area contributed by atoms with E-state index in [2.05, 4.69) is 91.5 Å². The molecule has 1 aromatic carbocycles. The number of aryl methyl sites for hydroxylation is 2. The molecule has 0 atom stereocenters. The van der Waals surface area contributed by atoms with Gasteiger partial charge in [-0.25, -0.2) is 9.50 Å². The number of fused-ring (bicyclic) bond motifs is 1. The molecule has 2 aliphatic heterocycles. The molecule has 0 spiro atoms. The maximum atomic E-state index is 5.51. The zero-order valence-electron chi connectivity index (χ0n) is 26.7. The van der Waals surface area contributed by atoms with Crippen molar-refractivity contribution in [3.8, 4) is 0 Å². The van der Waals surface area contributed by atoms with E-state index in [1.807, 2.05) is 4.52 Å². The van der Waals surface area contributed by atoms with Gasteiger partial charge in [-0.3, -0.25) is 4.90 Å². The van der Waals surface area contributed by atoms with Crippen molar-refractivity contribution >= 4 is 16.8 Å². The fraction of sp³-hybridized carbons (Fsp3) is 0.556. The zero-order valence-corrected chi connectivity index (χ0v) is 26.7. The van der Waals surface area contributed by atoms with E-state index in [0.717, 1.165) is 77.3 Å². The normalized spacial score (nSPS) is 17.7. The van der Waals surface area contributed by atoms with Gasteiger partial charge in [-0.05, 0) is 95.9 Å². The highest BCUT2D eigenvalue weighted by molar-refractivity contribution is 5.93. The monoisotopic (exact) mass is 569 g/mol. The molecule has 5 rings (SSSR count). The first-order valence-corrected chi connectivity index (χ1v) is 16.3. The highest BCUT2D eigenvalue weighted by Crippen LogP contribution is 2.40. The van der Waals surface area contributed by atoms with Crippen LogP contribution in [0.15, 0.2) is 49.1 Å². The molecule has 2 aromatic heterocycles. The molecule has 6 nitrogen and oxygen atoms in total. The molecule has 4 heterocycles. The van der Waals surface area contributed by atoms with Crippen molar-refractivity contribution in [1.82, 2.24) is 24.4 Å². The Morgan fingerprint density at radius 2 is 1.79 bits per heavy atom. The Labute approximate surface area is 253 Å². The third-order valence-corrected chi connectivity index (χ3v) is 9.40. The first kappa shape index (κ1) is 30.5. The quantitative estimate of drug-likeness (QED) is 0.241. The van der Waals surface area contributed by atoms with Crippen LogP contribution < -0.4 is 0 Å². The number of hydrogen-bond donors (Lipinski definition) is 0. The summed E-state index contributed by atoms with van der Waals surface area (Å²) in [6.07, 6.45) is 10.4. The third kappa shape index (κ3) is 6.81. The van der Waals surface area contributed by atoms with E-state index in [-0.39, 0.29) is 0 Å². The van der Waals surface area contributed by atoms with Crippen LogP contribution in [0.5, 0.6) is 0 Å². The minimum absolute atomic E-state index is 0.410. The molecule has 0 aliphatic carbocycles. The van der Waals surface area contributed by atoms with Gasteiger partial charge in [0.2, 0.25) is 0 Å². The number of morpholine rings is 1. The highest BCUT2D eigenvalue weighted by Gasteiger charge is 2.24. The molecule has 226 valence electrons. The molecule has 0 N–H and O–H groups in total. The number of rotatable bonds is 11. The standard InChI is InChI=1S/C36H51N5O/c1-7-9-32(34-24-41-35(37-25-38-41)23-29(34)8-2)36(26(3)4)33-22-31(11-10-27(33)5)30-13-16-40(17-14-30)28(6)12-15-39-18-20-42-21-19-39/h10-11,22-26,30H,6-9,12-21H2,1-5H3/b36-32+. The molecule has 6 heteroatoms. The summed E-state index contributed by atoms with van der Waals surface area (Å²) in [6.45, 7) is 23.1. The van der Waals surface area contributed by atoms with Gasteiger partial charge in [-0.2, -0.15) is 5.10 Å². The molecule has 2 fully saturated rings. The van der Waals surface area contributed by atoms with Crippen LogP contribution in [-0.2, 0) is 11.2 Å². The molecule has 0 amide bonds. The van der Waals surface area contributed by atoms with Gasteiger partial charge in [0.05, 0.1) is 13.2 Å². The van der Waals surface area contributed by atoms with Crippen LogP contribution in [0.25, 0.3) is 16.8 Å². The van der Waals surface area contributed by atoms with Crippen LogP contribution >= 0.6 is 0 Å². The third-order valence-electron chi connectivity index (χ3n) is 9.40. The fourth-order valence-electron chi connectivity index (χ4n) is 6.93. The smallest absolute Gasteiger partial charge is 0.155 e. The van der Waals surface area contributed by atoms with Gasteiger partial charge in [-0.15, -0.1) is 0 Å². The SMILES string of the molecule is C=C(CCN1CCOCC1)N1CCC(c2ccc(C)c(/C(=C(\CCC)c3cn4ncnc4cc3CC)C(C)C)c2)CC1. The average molecular weight is 570 g/mol. The van der Waals surface area contributed by atoms with Crippen molar-refractivity contribution in [3.63, 3.8) is 0 Å². The summed E-state index contributed by atoms with van der Waals surface area (Å²) in [6, 6.07) is 9.52. The van der Waals surface area contributed by atoms with Gasteiger partial charge in [0.15, 0.2) is 5.65 Å². The Balaban J connectivity index is 1.39. The molecule has 2 saturated heterocycles. The minimum atomic E-state index is 0.410. The van der Waals surface area contributed by atoms with Crippen molar-refractivity contribution in [2.24, 2.45) is 5.92 Å². The van der Waals surface area contributed by atoms with E-state index in [1.54, 1.807) is 6.33 Å². The summed E-state index contributed by atoms with van der Waals surface area (Å²) in [5.41, 5.74) is 12.1. The van der Waals surface area contributed by atoms with Crippen molar-refractivity contribution in [3.05, 3.63) is 76.9 Å². The maximum absolute atomic E-state index is 5.51. The molecule has 0 radical (unpaired) electrons. The van der Waals surface area contributed by atoms with E-state index in [0.29, 0.717) is 11.8 Å². The van der Waals surface area contributed by atoms with Gasteiger partial charge < -0.3 is 9.64 Å². The van der Waals surface area contributed by atoms with Crippen LogP contribution in [0.4, 0.5) is 0 Å². The Kier molecular flexibility index (Phi) is 10.2. The Morgan fingerprint density at radius 1 is 1.02 bits per heavy atom. The van der Waals surface area contributed by atoms with Gasteiger partial charge in [0.25, 0.3) is 0 Å². The van der Waals surface area contributed by atoms with Gasteiger partial charge in [0, 0.05) is 44.6 Å². The second-order valence-electron chi connectivity index (χ2n) is 12.5. The highest BCUT2D eigenvalue weighted by atomic mass is 16.5. The van der Waals surface area contributed by atoms with Crippen LogP contribution in [0, 0.1) is 12.8 Å². The van der Waals surface area contributed by atoms with E-state index < -0.39 is 0 Å². The Bertz CT molecular complexity index is 1390. The van der Waals surface area contributed by atoms with Crippen molar-refractivity contribution < 1.29 is 4.74 Å². The van der Waals surface area contributed by atoms with Crippen molar-refractivity contribution in [2.45, 2.75) is 79.1 Å². The summed E-state index contributed by atoms with van der Waals surface area (Å²) in [4.78, 5) is 9.51. The summed E-state index contributed by atoms with van der Waals surface area (Å²) in [5, 5.41) is 4.49. The van der Waals surface area contributed by atoms with Crippen molar-refractivity contribution in [2.75, 3.05) is 45.9 Å². The first-order valence-electron chi connectivity index (χ1n) is 16.3. The minimum Gasteiger partial charge on any atom is -0.379 e. The molecule has 0 saturated carbocycles. The predicted molar refractivity (Wildman–Crippen MR) is 175 cm³/mol. The number of allylic oxidation sites excluding steroid dienone is 2. The second-order valence-corrected chi connectivity index (χ2v) is 12.5. The molecule has 0 unspecified atom stereocenters. The van der Waals surface area contributed by atoms with Crippen LogP contribution in [-0.4, -0.2) is 70.3 Å². The largest absolute Gasteiger partial charge is 0.379 e. The fourth-order valence-corrected chi connectivity index (χ4v) is 6.93. The molecule has 3 aromatic rings. The number of ether oxygens (including phenoxy) is 1. The van der Waals surface area contributed by atoms with E-state index >= 15 is 0 Å². The van der Waals surface area contributed by atoms with Crippen molar-refractivity contribution in [1.29, 1.82) is 0 Å². The summed E-state index contributed by atoms with van der Waals surface area (Å²) in [5.74, 6) is 1.00. The molecular weight excluding hydrogens is 518 g/mol. The topological polar surface area (TPSA) is 45.9 Å². The van der Waals surface area contributed by atoms with Crippen LogP contribution in [0.2, 0.25) is 0 Å². The van der Waals surface area contributed by atoms with E-state index in [1.165, 1.54) is 57.5 Å². The van der Waals surface area contributed by atoms with E-state index in [4.69, 9.17) is 4.74 Å². The van der Waals surface area contributed by atoms with Gasteiger partial charge in [0.1, 0.15) is 6.33 Å². The molecule has 2 aliphatic rings. The van der Waals surface area contributed by atoms with Crippen LogP contribution in [0.3, 0.4) is 0 Å². The number of aromatic nitrogens is 3.